The third-order valence-corrected chi connectivity index (χ3v) is 6.39. The number of nitrogens with one attached hydrogen (secondary N) is 1. The lowest BCUT2D eigenvalue weighted by atomic mass is 10.1. The second-order valence-electron chi connectivity index (χ2n) is 6.64. The van der Waals surface area contributed by atoms with Gasteiger partial charge in [-0.2, -0.15) is 0 Å². The first kappa shape index (κ1) is 24.0. The number of hydrogen-bond acceptors (Lipinski definition) is 5. The zero-order chi connectivity index (χ0) is 22.3. The van der Waals surface area contributed by atoms with E-state index in [-0.39, 0.29) is 16.5 Å². The van der Waals surface area contributed by atoms with E-state index in [9.17, 15) is 13.2 Å². The molecular formula is C21H27ClN2O5S. The van der Waals surface area contributed by atoms with Crippen molar-refractivity contribution in [2.45, 2.75) is 31.7 Å². The van der Waals surface area contributed by atoms with Crippen LogP contribution in [-0.4, -0.2) is 45.9 Å². The van der Waals surface area contributed by atoms with E-state index in [0.717, 1.165) is 10.7 Å². The Morgan fingerprint density at radius 1 is 1.13 bits per heavy atom. The molecule has 30 heavy (non-hydrogen) atoms. The number of hydrogen-bond donors (Lipinski definition) is 1. The van der Waals surface area contributed by atoms with Crippen molar-refractivity contribution in [3.63, 3.8) is 0 Å². The standard InChI is InChI=1S/C21H27ClN2O5S/c1-5-11-29-20-17(22)12-16(13-18(20)28-6-2)21(25)23-14-15-9-7-8-10-19(15)30(26,27)24(3)4/h7-10,12-13H,5-6,11,14H2,1-4H3,(H,23,25). The Labute approximate surface area is 183 Å². The third-order valence-electron chi connectivity index (χ3n) is 4.19. The molecule has 164 valence electrons. The Bertz CT molecular complexity index is 993. The average molecular weight is 455 g/mol. The number of sulfonamides is 1. The number of halogens is 1. The van der Waals surface area contributed by atoms with Crippen molar-refractivity contribution in [2.24, 2.45) is 0 Å². The van der Waals surface area contributed by atoms with Crippen molar-refractivity contribution in [3.8, 4) is 11.5 Å². The van der Waals surface area contributed by atoms with Crippen LogP contribution in [0, 0.1) is 0 Å². The highest BCUT2D eigenvalue weighted by Crippen LogP contribution is 2.37. The fourth-order valence-corrected chi connectivity index (χ4v) is 4.06. The molecule has 9 heteroatoms. The summed E-state index contributed by atoms with van der Waals surface area (Å²) in [6, 6.07) is 9.62. The van der Waals surface area contributed by atoms with Crippen LogP contribution in [0.1, 0.15) is 36.2 Å². The molecule has 0 bridgehead atoms. The molecule has 0 radical (unpaired) electrons. The van der Waals surface area contributed by atoms with Gasteiger partial charge in [0.2, 0.25) is 10.0 Å². The van der Waals surface area contributed by atoms with E-state index in [1.165, 1.54) is 26.2 Å². The van der Waals surface area contributed by atoms with Crippen LogP contribution in [-0.2, 0) is 16.6 Å². The van der Waals surface area contributed by atoms with E-state index >= 15 is 0 Å². The molecule has 0 atom stereocenters. The maximum atomic E-state index is 12.7. The summed E-state index contributed by atoms with van der Waals surface area (Å²) in [6.45, 7) is 4.71. The molecule has 0 unspecified atom stereocenters. The highest BCUT2D eigenvalue weighted by atomic mass is 35.5. The van der Waals surface area contributed by atoms with E-state index in [2.05, 4.69) is 5.32 Å². The number of benzene rings is 2. The average Bonchev–Trinajstić information content (AvgIpc) is 2.71. The highest BCUT2D eigenvalue weighted by Gasteiger charge is 2.21. The van der Waals surface area contributed by atoms with Crippen LogP contribution in [0.15, 0.2) is 41.3 Å². The predicted molar refractivity (Wildman–Crippen MR) is 117 cm³/mol. The summed E-state index contributed by atoms with van der Waals surface area (Å²) in [5, 5.41) is 3.02. The first-order valence-electron chi connectivity index (χ1n) is 9.60. The van der Waals surface area contributed by atoms with Crippen molar-refractivity contribution in [1.29, 1.82) is 0 Å². The molecule has 2 aromatic rings. The fraction of sp³-hybridized carbons (Fsp3) is 0.381. The third kappa shape index (κ3) is 5.65. The van der Waals surface area contributed by atoms with Crippen molar-refractivity contribution in [1.82, 2.24) is 9.62 Å². The summed E-state index contributed by atoms with van der Waals surface area (Å²) in [6.07, 6.45) is 0.805. The van der Waals surface area contributed by atoms with Crippen LogP contribution >= 0.6 is 11.6 Å². The minimum Gasteiger partial charge on any atom is -0.490 e. The number of carbonyl (C=O) groups excluding carboxylic acids is 1. The molecule has 0 spiro atoms. The minimum atomic E-state index is -3.63. The van der Waals surface area contributed by atoms with Crippen LogP contribution in [0.2, 0.25) is 5.02 Å². The number of ether oxygens (including phenoxy) is 2. The van der Waals surface area contributed by atoms with Crippen LogP contribution in [0.5, 0.6) is 11.5 Å². The predicted octanol–water partition coefficient (Wildman–Crippen LogP) is 3.71. The molecule has 0 aliphatic rings. The molecule has 0 aliphatic heterocycles. The molecule has 0 fully saturated rings. The number of rotatable bonds is 10. The number of carbonyl (C=O) groups is 1. The van der Waals surface area contributed by atoms with Gasteiger partial charge in [-0.25, -0.2) is 12.7 Å². The Kier molecular flexibility index (Phi) is 8.52. The Morgan fingerprint density at radius 3 is 2.47 bits per heavy atom. The lowest BCUT2D eigenvalue weighted by molar-refractivity contribution is 0.0950. The fourth-order valence-electron chi connectivity index (χ4n) is 2.68. The van der Waals surface area contributed by atoms with Gasteiger partial charge in [0.1, 0.15) is 0 Å². The molecule has 0 saturated carbocycles. The second kappa shape index (κ2) is 10.7. The molecule has 7 nitrogen and oxygen atoms in total. The molecule has 2 aromatic carbocycles. The lowest BCUT2D eigenvalue weighted by Gasteiger charge is -2.16. The van der Waals surface area contributed by atoms with Gasteiger partial charge in [0.05, 0.1) is 23.1 Å². The van der Waals surface area contributed by atoms with E-state index in [1.54, 1.807) is 24.3 Å². The first-order chi connectivity index (χ1) is 14.2. The van der Waals surface area contributed by atoms with Gasteiger partial charge in [0.15, 0.2) is 11.5 Å². The minimum absolute atomic E-state index is 0.0394. The van der Waals surface area contributed by atoms with Crippen LogP contribution in [0.25, 0.3) is 0 Å². The van der Waals surface area contributed by atoms with Gasteiger partial charge in [-0.05, 0) is 37.1 Å². The number of nitrogens with zero attached hydrogens (tertiary/aromatic N) is 1. The molecule has 0 heterocycles. The normalized spacial score (nSPS) is 11.4. The van der Waals surface area contributed by atoms with Crippen molar-refractivity contribution in [3.05, 3.63) is 52.5 Å². The Morgan fingerprint density at radius 2 is 1.83 bits per heavy atom. The Balaban J connectivity index is 2.26. The molecular weight excluding hydrogens is 428 g/mol. The maximum absolute atomic E-state index is 12.7. The van der Waals surface area contributed by atoms with E-state index in [1.807, 2.05) is 13.8 Å². The monoisotopic (exact) mass is 454 g/mol. The summed E-state index contributed by atoms with van der Waals surface area (Å²) < 4.78 is 37.4. The topological polar surface area (TPSA) is 84.9 Å². The summed E-state index contributed by atoms with van der Waals surface area (Å²) in [5.41, 5.74) is 0.777. The summed E-state index contributed by atoms with van der Waals surface area (Å²) in [4.78, 5) is 12.9. The van der Waals surface area contributed by atoms with Crippen molar-refractivity contribution < 1.29 is 22.7 Å². The lowest BCUT2D eigenvalue weighted by Crippen LogP contribution is -2.27. The van der Waals surface area contributed by atoms with Gasteiger partial charge in [0, 0.05) is 26.2 Å². The number of amides is 1. The molecule has 0 aliphatic carbocycles. The largest absolute Gasteiger partial charge is 0.490 e. The van der Waals surface area contributed by atoms with E-state index in [4.69, 9.17) is 21.1 Å². The van der Waals surface area contributed by atoms with Gasteiger partial charge < -0.3 is 14.8 Å². The van der Waals surface area contributed by atoms with Gasteiger partial charge in [0.25, 0.3) is 5.91 Å². The summed E-state index contributed by atoms with van der Waals surface area (Å²) >= 11 is 6.32. The van der Waals surface area contributed by atoms with Crippen molar-refractivity contribution in [2.75, 3.05) is 27.3 Å². The van der Waals surface area contributed by atoms with Gasteiger partial charge >= 0.3 is 0 Å². The zero-order valence-corrected chi connectivity index (χ0v) is 19.1. The van der Waals surface area contributed by atoms with Gasteiger partial charge in [-0.1, -0.05) is 36.7 Å². The van der Waals surface area contributed by atoms with Crippen LogP contribution < -0.4 is 14.8 Å². The SMILES string of the molecule is CCCOc1c(Cl)cc(C(=O)NCc2ccccc2S(=O)(=O)N(C)C)cc1OCC. The highest BCUT2D eigenvalue weighted by molar-refractivity contribution is 7.89. The molecule has 2 rings (SSSR count). The molecule has 0 aromatic heterocycles. The van der Waals surface area contributed by atoms with Crippen LogP contribution in [0.3, 0.4) is 0 Å². The first-order valence-corrected chi connectivity index (χ1v) is 11.4. The molecule has 1 amide bonds. The quantitative estimate of drug-likeness (QED) is 0.591. The van der Waals surface area contributed by atoms with Crippen LogP contribution in [0.4, 0.5) is 0 Å². The Hall–Kier alpha value is -2.29. The smallest absolute Gasteiger partial charge is 0.251 e. The molecule has 1 N–H and O–H groups in total. The van der Waals surface area contributed by atoms with E-state index in [0.29, 0.717) is 35.8 Å². The van der Waals surface area contributed by atoms with E-state index < -0.39 is 15.9 Å². The van der Waals surface area contributed by atoms with Crippen molar-refractivity contribution >= 4 is 27.5 Å². The van der Waals surface area contributed by atoms with Gasteiger partial charge in [-0.15, -0.1) is 0 Å². The zero-order valence-electron chi connectivity index (χ0n) is 17.6. The maximum Gasteiger partial charge on any atom is 0.251 e. The van der Waals surface area contributed by atoms with Gasteiger partial charge in [-0.3, -0.25) is 4.79 Å². The summed E-state index contributed by atoms with van der Waals surface area (Å²) in [5.74, 6) is 0.385. The molecule has 0 saturated heterocycles. The second-order valence-corrected chi connectivity index (χ2v) is 9.17. The summed E-state index contributed by atoms with van der Waals surface area (Å²) in [7, 11) is -0.706.